The zero-order valence-corrected chi connectivity index (χ0v) is 13.1. The third-order valence-corrected chi connectivity index (χ3v) is 4.69. The van der Waals surface area contributed by atoms with Gasteiger partial charge in [-0.1, -0.05) is 38.3 Å². The quantitative estimate of drug-likeness (QED) is 0.874. The van der Waals surface area contributed by atoms with Gasteiger partial charge in [-0.3, -0.25) is 4.79 Å². The van der Waals surface area contributed by atoms with Crippen LogP contribution >= 0.6 is 15.9 Å². The van der Waals surface area contributed by atoms with Crippen LogP contribution in [0.4, 0.5) is 0 Å². The molecule has 2 nitrogen and oxygen atoms in total. The maximum absolute atomic E-state index is 12.0. The maximum atomic E-state index is 12.0. The van der Waals surface area contributed by atoms with Gasteiger partial charge < -0.3 is 5.32 Å². The van der Waals surface area contributed by atoms with E-state index in [0.29, 0.717) is 0 Å². The first kappa shape index (κ1) is 14.6. The van der Waals surface area contributed by atoms with Gasteiger partial charge in [0.2, 0.25) is 0 Å². The van der Waals surface area contributed by atoms with E-state index in [1.165, 1.54) is 25.7 Å². The first-order valence-electron chi connectivity index (χ1n) is 7.19. The smallest absolute Gasteiger partial charge is 0.252 e. The Labute approximate surface area is 124 Å². The third kappa shape index (κ3) is 4.34. The Hall–Kier alpha value is -0.830. The van der Waals surface area contributed by atoms with E-state index >= 15 is 0 Å². The molecule has 2 unspecified atom stereocenters. The molecule has 1 aromatic carbocycles. The second-order valence-electron chi connectivity index (χ2n) is 5.66. The van der Waals surface area contributed by atoms with Crippen LogP contribution in [-0.4, -0.2) is 12.5 Å². The normalized spacial score (nSPS) is 23.1. The summed E-state index contributed by atoms with van der Waals surface area (Å²) in [7, 11) is 0. The average Bonchev–Trinajstić information content (AvgIpc) is 2.39. The number of benzene rings is 1. The fourth-order valence-electron chi connectivity index (χ4n) is 2.95. The minimum Gasteiger partial charge on any atom is -0.352 e. The molecule has 3 heteroatoms. The molecule has 1 amide bonds. The number of hydrogen-bond acceptors (Lipinski definition) is 1. The zero-order valence-electron chi connectivity index (χ0n) is 11.5. The molecule has 2 atom stereocenters. The van der Waals surface area contributed by atoms with Gasteiger partial charge in [0.1, 0.15) is 0 Å². The third-order valence-electron chi connectivity index (χ3n) is 4.00. The van der Waals surface area contributed by atoms with Crippen LogP contribution in [0.5, 0.6) is 0 Å². The van der Waals surface area contributed by atoms with Crippen molar-refractivity contribution in [2.45, 2.75) is 39.0 Å². The zero-order chi connectivity index (χ0) is 13.7. The predicted octanol–water partition coefficient (Wildman–Crippen LogP) is 4.40. The summed E-state index contributed by atoms with van der Waals surface area (Å²) in [6, 6.07) is 7.56. The van der Waals surface area contributed by atoms with E-state index in [1.54, 1.807) is 0 Å². The van der Waals surface area contributed by atoms with Crippen LogP contribution in [0.25, 0.3) is 0 Å². The van der Waals surface area contributed by atoms with Gasteiger partial charge in [0.15, 0.2) is 0 Å². The van der Waals surface area contributed by atoms with Crippen molar-refractivity contribution in [2.75, 3.05) is 6.54 Å². The molecule has 0 heterocycles. The number of rotatable bonds is 4. The molecule has 104 valence electrons. The topological polar surface area (TPSA) is 29.1 Å². The molecule has 0 spiro atoms. The molecule has 1 aromatic rings. The van der Waals surface area contributed by atoms with E-state index in [2.05, 4.69) is 28.2 Å². The standard InChI is InChI=1S/C16H22BrNO/c1-12-5-4-6-13(11-12)9-10-18-16(19)14-7-2-3-8-15(14)17/h2-3,7-8,12-13H,4-6,9-11H2,1H3,(H,18,19). The van der Waals surface area contributed by atoms with Crippen LogP contribution in [0, 0.1) is 11.8 Å². The molecule has 19 heavy (non-hydrogen) atoms. The maximum Gasteiger partial charge on any atom is 0.252 e. The second kappa shape index (κ2) is 7.09. The second-order valence-corrected chi connectivity index (χ2v) is 6.52. The lowest BCUT2D eigenvalue weighted by molar-refractivity contribution is 0.0949. The molecule has 0 radical (unpaired) electrons. The largest absolute Gasteiger partial charge is 0.352 e. The summed E-state index contributed by atoms with van der Waals surface area (Å²) in [5.41, 5.74) is 0.722. The Bertz CT molecular complexity index is 433. The van der Waals surface area contributed by atoms with Crippen molar-refractivity contribution in [1.82, 2.24) is 5.32 Å². The first-order valence-corrected chi connectivity index (χ1v) is 7.99. The summed E-state index contributed by atoms with van der Waals surface area (Å²) in [4.78, 5) is 12.0. The van der Waals surface area contributed by atoms with Gasteiger partial charge in [-0.15, -0.1) is 0 Å². The highest BCUT2D eigenvalue weighted by molar-refractivity contribution is 9.10. The van der Waals surface area contributed by atoms with Gasteiger partial charge >= 0.3 is 0 Å². The van der Waals surface area contributed by atoms with Crippen molar-refractivity contribution >= 4 is 21.8 Å². The van der Waals surface area contributed by atoms with Crippen molar-refractivity contribution in [1.29, 1.82) is 0 Å². The van der Waals surface area contributed by atoms with Crippen molar-refractivity contribution in [3.05, 3.63) is 34.3 Å². The highest BCUT2D eigenvalue weighted by Crippen LogP contribution is 2.30. The van der Waals surface area contributed by atoms with Crippen molar-refractivity contribution in [2.24, 2.45) is 11.8 Å². The highest BCUT2D eigenvalue weighted by Gasteiger charge is 2.18. The minimum absolute atomic E-state index is 0.0244. The Morgan fingerprint density at radius 2 is 2.16 bits per heavy atom. The molecule has 1 fully saturated rings. The molecule has 1 aliphatic carbocycles. The SMILES string of the molecule is CC1CCCC(CCNC(=O)c2ccccc2Br)C1. The summed E-state index contributed by atoms with van der Waals surface area (Å²) in [5, 5.41) is 3.03. The molecule has 1 N–H and O–H groups in total. The number of halogens is 1. The van der Waals surface area contributed by atoms with Crippen LogP contribution in [-0.2, 0) is 0 Å². The minimum atomic E-state index is 0.0244. The molecule has 0 bridgehead atoms. The number of carbonyl (C=O) groups is 1. The van der Waals surface area contributed by atoms with Crippen molar-refractivity contribution in [3.8, 4) is 0 Å². The van der Waals surface area contributed by atoms with Crippen LogP contribution in [0.15, 0.2) is 28.7 Å². The summed E-state index contributed by atoms with van der Waals surface area (Å²) in [6.07, 6.45) is 6.49. The molecule has 0 aliphatic heterocycles. The Balaban J connectivity index is 1.76. The molecule has 0 aromatic heterocycles. The Morgan fingerprint density at radius 3 is 2.89 bits per heavy atom. The van der Waals surface area contributed by atoms with Crippen LogP contribution in [0.3, 0.4) is 0 Å². The predicted molar refractivity (Wildman–Crippen MR) is 82.2 cm³/mol. The molecule has 2 rings (SSSR count). The van der Waals surface area contributed by atoms with Gasteiger partial charge in [0.25, 0.3) is 5.91 Å². The van der Waals surface area contributed by atoms with E-state index in [-0.39, 0.29) is 5.91 Å². The fraction of sp³-hybridized carbons (Fsp3) is 0.562. The van der Waals surface area contributed by atoms with Gasteiger partial charge in [0.05, 0.1) is 5.56 Å². The fourth-order valence-corrected chi connectivity index (χ4v) is 3.42. The van der Waals surface area contributed by atoms with E-state index in [1.807, 2.05) is 24.3 Å². The van der Waals surface area contributed by atoms with Gasteiger partial charge in [-0.25, -0.2) is 0 Å². The number of amides is 1. The summed E-state index contributed by atoms with van der Waals surface area (Å²) >= 11 is 3.41. The van der Waals surface area contributed by atoms with Crippen LogP contribution in [0.2, 0.25) is 0 Å². The van der Waals surface area contributed by atoms with E-state index in [0.717, 1.165) is 34.8 Å². The first-order chi connectivity index (χ1) is 9.16. The summed E-state index contributed by atoms with van der Waals surface area (Å²) in [5.74, 6) is 1.68. The van der Waals surface area contributed by atoms with Gasteiger partial charge in [-0.2, -0.15) is 0 Å². The van der Waals surface area contributed by atoms with Crippen molar-refractivity contribution < 1.29 is 4.79 Å². The van der Waals surface area contributed by atoms with Crippen LogP contribution < -0.4 is 5.32 Å². The van der Waals surface area contributed by atoms with E-state index in [9.17, 15) is 4.79 Å². The molecule has 0 saturated heterocycles. The number of hydrogen-bond donors (Lipinski definition) is 1. The number of nitrogens with one attached hydrogen (secondary N) is 1. The molecule has 1 saturated carbocycles. The lowest BCUT2D eigenvalue weighted by Gasteiger charge is -2.26. The average molecular weight is 324 g/mol. The van der Waals surface area contributed by atoms with Gasteiger partial charge in [0, 0.05) is 11.0 Å². The summed E-state index contributed by atoms with van der Waals surface area (Å²) < 4.78 is 0.860. The molecule has 1 aliphatic rings. The molecular formula is C16H22BrNO. The van der Waals surface area contributed by atoms with Crippen molar-refractivity contribution in [3.63, 3.8) is 0 Å². The lowest BCUT2D eigenvalue weighted by Crippen LogP contribution is -2.27. The van der Waals surface area contributed by atoms with Crippen LogP contribution in [0.1, 0.15) is 49.4 Å². The Morgan fingerprint density at radius 1 is 1.37 bits per heavy atom. The lowest BCUT2D eigenvalue weighted by atomic mass is 9.81. The number of carbonyl (C=O) groups excluding carboxylic acids is 1. The Kier molecular flexibility index (Phi) is 5.44. The monoisotopic (exact) mass is 323 g/mol. The summed E-state index contributed by atoms with van der Waals surface area (Å²) in [6.45, 7) is 3.13. The highest BCUT2D eigenvalue weighted by atomic mass is 79.9. The van der Waals surface area contributed by atoms with E-state index in [4.69, 9.17) is 0 Å². The molecular weight excluding hydrogens is 302 g/mol. The van der Waals surface area contributed by atoms with Gasteiger partial charge in [-0.05, 0) is 52.7 Å². The van der Waals surface area contributed by atoms with E-state index < -0.39 is 0 Å².